The van der Waals surface area contributed by atoms with Gasteiger partial charge in [-0.2, -0.15) is 4.68 Å². The lowest BCUT2D eigenvalue weighted by molar-refractivity contribution is 0.0696. The molecule has 2 rings (SSSR count). The molecule has 0 fully saturated rings. The smallest absolute Gasteiger partial charge is 0.337 e. The lowest BCUT2D eigenvalue weighted by Crippen LogP contribution is -2.06. The molecule has 0 aliphatic rings. The van der Waals surface area contributed by atoms with Crippen LogP contribution in [0.5, 0.6) is 0 Å². The fraction of sp³-hybridized carbons (Fsp3) is 0.300. The minimum atomic E-state index is -1.02. The van der Waals surface area contributed by atoms with E-state index in [-0.39, 0.29) is 5.56 Å². The van der Waals surface area contributed by atoms with E-state index in [9.17, 15) is 4.79 Å². The summed E-state index contributed by atoms with van der Waals surface area (Å²) in [6, 6.07) is 1.49. The van der Waals surface area contributed by atoms with E-state index in [0.29, 0.717) is 11.5 Å². The van der Waals surface area contributed by atoms with Crippen molar-refractivity contribution in [3.05, 3.63) is 29.8 Å². The third-order valence-corrected chi connectivity index (χ3v) is 2.22. The number of nitrogens with zero attached hydrogens (tertiary/aromatic N) is 5. The van der Waals surface area contributed by atoms with Gasteiger partial charge in [-0.25, -0.2) is 4.79 Å². The number of aryl methyl sites for hydroxylation is 1. The highest BCUT2D eigenvalue weighted by Gasteiger charge is 2.10. The van der Waals surface area contributed by atoms with Crippen molar-refractivity contribution in [2.45, 2.75) is 19.8 Å². The van der Waals surface area contributed by atoms with Gasteiger partial charge < -0.3 is 5.11 Å². The van der Waals surface area contributed by atoms with Crippen molar-refractivity contribution in [2.75, 3.05) is 0 Å². The van der Waals surface area contributed by atoms with Crippen molar-refractivity contribution in [2.24, 2.45) is 0 Å². The van der Waals surface area contributed by atoms with E-state index in [1.807, 2.05) is 6.92 Å². The minimum absolute atomic E-state index is 0.112. The van der Waals surface area contributed by atoms with Gasteiger partial charge in [-0.05, 0) is 22.9 Å². The Balaban J connectivity index is 2.42. The maximum absolute atomic E-state index is 10.8. The maximum Gasteiger partial charge on any atom is 0.337 e. The van der Waals surface area contributed by atoms with Crippen LogP contribution in [-0.4, -0.2) is 36.3 Å². The first-order chi connectivity index (χ1) is 8.22. The first-order valence-electron chi connectivity index (χ1n) is 5.18. The Kier molecular flexibility index (Phi) is 3.08. The molecule has 0 radical (unpaired) electrons. The van der Waals surface area contributed by atoms with Crippen LogP contribution in [0.4, 0.5) is 0 Å². The Morgan fingerprint density at radius 3 is 3.00 bits per heavy atom. The monoisotopic (exact) mass is 233 g/mol. The van der Waals surface area contributed by atoms with E-state index in [1.54, 1.807) is 0 Å². The number of carbonyl (C=O) groups is 1. The summed E-state index contributed by atoms with van der Waals surface area (Å²) in [5.74, 6) is -0.332. The molecule has 2 aromatic rings. The number of hydrogen-bond donors (Lipinski definition) is 1. The summed E-state index contributed by atoms with van der Waals surface area (Å²) >= 11 is 0. The minimum Gasteiger partial charge on any atom is -0.478 e. The number of carboxylic acids is 1. The first-order valence-corrected chi connectivity index (χ1v) is 5.18. The molecule has 0 aromatic carbocycles. The summed E-state index contributed by atoms with van der Waals surface area (Å²) in [5.41, 5.74) is 0.666. The zero-order chi connectivity index (χ0) is 12.3. The SMILES string of the molecule is CCCc1nnnn1-c1cncc(C(=O)O)c1. The number of carboxylic acid groups (broad SMARTS) is 1. The van der Waals surface area contributed by atoms with Crippen molar-refractivity contribution >= 4 is 5.97 Å². The molecular formula is C10H11N5O2. The topological polar surface area (TPSA) is 93.8 Å². The van der Waals surface area contributed by atoms with E-state index >= 15 is 0 Å². The van der Waals surface area contributed by atoms with Crippen molar-refractivity contribution in [3.8, 4) is 5.69 Å². The highest BCUT2D eigenvalue weighted by molar-refractivity contribution is 5.87. The summed E-state index contributed by atoms with van der Waals surface area (Å²) in [6.07, 6.45) is 4.45. The fourth-order valence-corrected chi connectivity index (χ4v) is 1.45. The second-order valence-electron chi connectivity index (χ2n) is 3.49. The standard InChI is InChI=1S/C10H11N5O2/c1-2-3-9-12-13-14-15(9)8-4-7(10(16)17)5-11-6-8/h4-6H,2-3H2,1H3,(H,16,17). The molecule has 7 heteroatoms. The van der Waals surface area contributed by atoms with Gasteiger partial charge in [-0.1, -0.05) is 6.92 Å². The molecular weight excluding hydrogens is 222 g/mol. The lowest BCUT2D eigenvalue weighted by Gasteiger charge is -2.03. The highest BCUT2D eigenvalue weighted by atomic mass is 16.4. The van der Waals surface area contributed by atoms with Gasteiger partial charge in [0.15, 0.2) is 5.82 Å². The Morgan fingerprint density at radius 1 is 1.47 bits per heavy atom. The predicted molar refractivity (Wildman–Crippen MR) is 57.9 cm³/mol. The Morgan fingerprint density at radius 2 is 2.29 bits per heavy atom. The Labute approximate surface area is 97.1 Å². The summed E-state index contributed by atoms with van der Waals surface area (Å²) in [6.45, 7) is 2.02. The molecule has 7 nitrogen and oxygen atoms in total. The van der Waals surface area contributed by atoms with Crippen LogP contribution in [0.1, 0.15) is 29.5 Å². The fourth-order valence-electron chi connectivity index (χ4n) is 1.45. The molecule has 0 amide bonds. The van der Waals surface area contributed by atoms with Crippen LogP contribution >= 0.6 is 0 Å². The van der Waals surface area contributed by atoms with Crippen LogP contribution in [0.2, 0.25) is 0 Å². The molecule has 17 heavy (non-hydrogen) atoms. The van der Waals surface area contributed by atoms with Crippen molar-refractivity contribution < 1.29 is 9.90 Å². The maximum atomic E-state index is 10.8. The number of tetrazole rings is 1. The molecule has 0 spiro atoms. The van der Waals surface area contributed by atoms with Gasteiger partial charge in [0, 0.05) is 12.6 Å². The third-order valence-electron chi connectivity index (χ3n) is 2.22. The van der Waals surface area contributed by atoms with Gasteiger partial charge in [0.1, 0.15) is 0 Å². The second kappa shape index (κ2) is 4.69. The van der Waals surface area contributed by atoms with Crippen LogP contribution in [-0.2, 0) is 6.42 Å². The van der Waals surface area contributed by atoms with E-state index in [0.717, 1.165) is 12.8 Å². The van der Waals surface area contributed by atoms with E-state index in [2.05, 4.69) is 20.5 Å². The van der Waals surface area contributed by atoms with Crippen LogP contribution in [0, 0.1) is 0 Å². The third kappa shape index (κ3) is 2.27. The average molecular weight is 233 g/mol. The van der Waals surface area contributed by atoms with Gasteiger partial charge in [0.05, 0.1) is 17.4 Å². The average Bonchev–Trinajstić information content (AvgIpc) is 2.78. The number of aromatic nitrogens is 5. The molecule has 1 N–H and O–H groups in total. The molecule has 0 saturated heterocycles. The molecule has 0 atom stereocenters. The summed E-state index contributed by atoms with van der Waals surface area (Å²) < 4.78 is 1.50. The number of aromatic carboxylic acids is 1. The van der Waals surface area contributed by atoms with Crippen molar-refractivity contribution in [1.29, 1.82) is 0 Å². The van der Waals surface area contributed by atoms with Gasteiger partial charge >= 0.3 is 5.97 Å². The van der Waals surface area contributed by atoms with Gasteiger partial charge in [-0.15, -0.1) is 5.10 Å². The molecule has 0 saturated carbocycles. The predicted octanol–water partition coefficient (Wildman–Crippen LogP) is 0.708. The lowest BCUT2D eigenvalue weighted by atomic mass is 10.2. The molecule has 0 unspecified atom stereocenters. The van der Waals surface area contributed by atoms with E-state index in [1.165, 1.54) is 23.1 Å². The molecule has 2 aromatic heterocycles. The molecule has 0 aliphatic heterocycles. The van der Waals surface area contributed by atoms with E-state index < -0.39 is 5.97 Å². The summed E-state index contributed by atoms with van der Waals surface area (Å²) in [4.78, 5) is 14.7. The largest absolute Gasteiger partial charge is 0.478 e. The number of hydrogen-bond acceptors (Lipinski definition) is 5. The molecule has 88 valence electrons. The van der Waals surface area contributed by atoms with Gasteiger partial charge in [-0.3, -0.25) is 4.98 Å². The first kappa shape index (κ1) is 11.2. The van der Waals surface area contributed by atoms with Crippen LogP contribution in [0.3, 0.4) is 0 Å². The number of rotatable bonds is 4. The Bertz CT molecular complexity index is 537. The zero-order valence-electron chi connectivity index (χ0n) is 9.24. The van der Waals surface area contributed by atoms with Crippen LogP contribution < -0.4 is 0 Å². The second-order valence-corrected chi connectivity index (χ2v) is 3.49. The normalized spacial score (nSPS) is 10.4. The van der Waals surface area contributed by atoms with Crippen LogP contribution in [0.25, 0.3) is 5.69 Å². The summed E-state index contributed by atoms with van der Waals surface area (Å²) in [7, 11) is 0. The zero-order valence-corrected chi connectivity index (χ0v) is 9.24. The number of pyridine rings is 1. The highest BCUT2D eigenvalue weighted by Crippen LogP contribution is 2.10. The Hall–Kier alpha value is -2.31. The van der Waals surface area contributed by atoms with Gasteiger partial charge in [0.25, 0.3) is 0 Å². The van der Waals surface area contributed by atoms with Crippen molar-refractivity contribution in [1.82, 2.24) is 25.2 Å². The molecule has 2 heterocycles. The van der Waals surface area contributed by atoms with E-state index in [4.69, 9.17) is 5.11 Å². The van der Waals surface area contributed by atoms with Gasteiger partial charge in [0.2, 0.25) is 0 Å². The molecule has 0 bridgehead atoms. The van der Waals surface area contributed by atoms with Crippen LogP contribution in [0.15, 0.2) is 18.5 Å². The summed E-state index contributed by atoms with van der Waals surface area (Å²) in [5, 5.41) is 20.2. The molecule has 0 aliphatic carbocycles. The van der Waals surface area contributed by atoms with Crippen molar-refractivity contribution in [3.63, 3.8) is 0 Å². The quantitative estimate of drug-likeness (QED) is 0.835.